The van der Waals surface area contributed by atoms with Gasteiger partial charge in [-0.05, 0) is 42.3 Å². The summed E-state index contributed by atoms with van der Waals surface area (Å²) in [6, 6.07) is 13.4. The molecule has 4 nitrogen and oxygen atoms in total. The van der Waals surface area contributed by atoms with Gasteiger partial charge < -0.3 is 19.9 Å². The number of halogens is 1. The Morgan fingerprint density at radius 2 is 1.96 bits per heavy atom. The number of rotatable bonds is 8. The third-order valence-corrected chi connectivity index (χ3v) is 3.52. The second-order valence-corrected chi connectivity index (χ2v) is 5.82. The van der Waals surface area contributed by atoms with Crippen molar-refractivity contribution >= 4 is 11.6 Å². The number of hydrogen-bond acceptors (Lipinski definition) is 4. The van der Waals surface area contributed by atoms with Gasteiger partial charge in [0, 0.05) is 18.1 Å². The summed E-state index contributed by atoms with van der Waals surface area (Å²) in [4.78, 5) is 0. The average Bonchev–Trinajstić information content (AvgIpc) is 2.53. The number of aliphatic hydroxyl groups is 1. The summed E-state index contributed by atoms with van der Waals surface area (Å²) in [6.07, 6.45) is -0.364. The van der Waals surface area contributed by atoms with Crippen molar-refractivity contribution in [3.05, 3.63) is 58.6 Å². The van der Waals surface area contributed by atoms with E-state index in [0.29, 0.717) is 36.2 Å². The van der Waals surface area contributed by atoms with E-state index in [1.54, 1.807) is 14.0 Å². The van der Waals surface area contributed by atoms with E-state index < -0.39 is 0 Å². The van der Waals surface area contributed by atoms with Crippen molar-refractivity contribution in [2.75, 3.05) is 13.7 Å². The van der Waals surface area contributed by atoms with Gasteiger partial charge in [-0.1, -0.05) is 29.8 Å². The van der Waals surface area contributed by atoms with Crippen molar-refractivity contribution in [1.82, 2.24) is 5.32 Å². The van der Waals surface area contributed by atoms with Crippen molar-refractivity contribution in [2.24, 2.45) is 0 Å². The summed E-state index contributed by atoms with van der Waals surface area (Å²) in [5, 5.41) is 13.1. The number of methoxy groups -OCH3 is 1. The minimum atomic E-state index is -0.364. The topological polar surface area (TPSA) is 50.7 Å². The molecule has 0 amide bonds. The fourth-order valence-corrected chi connectivity index (χ4v) is 2.37. The van der Waals surface area contributed by atoms with Gasteiger partial charge in [0.25, 0.3) is 0 Å². The van der Waals surface area contributed by atoms with Gasteiger partial charge in [-0.2, -0.15) is 0 Å². The molecule has 0 heterocycles. The highest BCUT2D eigenvalue weighted by Gasteiger charge is 2.07. The van der Waals surface area contributed by atoms with Gasteiger partial charge in [-0.25, -0.2) is 0 Å². The molecule has 23 heavy (non-hydrogen) atoms. The van der Waals surface area contributed by atoms with Gasteiger partial charge in [0.15, 0.2) is 11.5 Å². The van der Waals surface area contributed by atoms with Gasteiger partial charge in [-0.15, -0.1) is 0 Å². The predicted molar refractivity (Wildman–Crippen MR) is 92.2 cm³/mol. The summed E-state index contributed by atoms with van der Waals surface area (Å²) < 4.78 is 11.2. The Kier molecular flexibility index (Phi) is 6.71. The molecule has 1 atom stereocenters. The molecule has 2 aromatic carbocycles. The Balaban J connectivity index is 1.98. The number of hydrogen-bond donors (Lipinski definition) is 2. The van der Waals surface area contributed by atoms with E-state index in [1.807, 2.05) is 42.5 Å². The molecule has 0 saturated carbocycles. The standard InChI is InChI=1S/C18H22ClNO3/c1-13(21)10-20-11-14-6-7-17(18(9-14)22-2)23-12-15-4-3-5-16(19)8-15/h3-9,13,20-21H,10-12H2,1-2H3. The van der Waals surface area contributed by atoms with Crippen molar-refractivity contribution in [3.8, 4) is 11.5 Å². The lowest BCUT2D eigenvalue weighted by molar-refractivity contribution is 0.191. The Morgan fingerprint density at radius 3 is 2.65 bits per heavy atom. The molecule has 2 N–H and O–H groups in total. The number of benzene rings is 2. The van der Waals surface area contributed by atoms with E-state index in [0.717, 1.165) is 11.1 Å². The van der Waals surface area contributed by atoms with Crippen LogP contribution >= 0.6 is 11.6 Å². The van der Waals surface area contributed by atoms with E-state index in [4.69, 9.17) is 21.1 Å². The first kappa shape index (κ1) is 17.6. The number of aliphatic hydroxyl groups excluding tert-OH is 1. The third kappa shape index (κ3) is 5.75. The van der Waals surface area contributed by atoms with Crippen molar-refractivity contribution in [3.63, 3.8) is 0 Å². The molecular formula is C18H22ClNO3. The molecule has 2 rings (SSSR count). The first-order valence-electron chi connectivity index (χ1n) is 7.51. The summed E-state index contributed by atoms with van der Waals surface area (Å²) in [5.74, 6) is 1.37. The summed E-state index contributed by atoms with van der Waals surface area (Å²) in [6.45, 7) is 3.39. The lowest BCUT2D eigenvalue weighted by atomic mass is 10.2. The predicted octanol–water partition coefficient (Wildman–Crippen LogP) is 3.40. The third-order valence-electron chi connectivity index (χ3n) is 3.28. The van der Waals surface area contributed by atoms with Crippen LogP contribution in [0.15, 0.2) is 42.5 Å². The molecule has 0 bridgehead atoms. The Hall–Kier alpha value is -1.75. The molecule has 5 heteroatoms. The minimum absolute atomic E-state index is 0.364. The molecule has 124 valence electrons. The van der Waals surface area contributed by atoms with E-state index in [9.17, 15) is 5.11 Å². The SMILES string of the molecule is COc1cc(CNCC(C)O)ccc1OCc1cccc(Cl)c1. The molecule has 0 spiro atoms. The number of nitrogens with one attached hydrogen (secondary N) is 1. The highest BCUT2D eigenvalue weighted by atomic mass is 35.5. The second-order valence-electron chi connectivity index (χ2n) is 5.38. The molecule has 0 aliphatic rings. The molecule has 0 aromatic heterocycles. The van der Waals surface area contributed by atoms with E-state index in [1.165, 1.54) is 0 Å². The molecule has 0 aliphatic heterocycles. The van der Waals surface area contributed by atoms with Crippen LogP contribution in [0.2, 0.25) is 5.02 Å². The average molecular weight is 336 g/mol. The second kappa shape index (κ2) is 8.77. The Morgan fingerprint density at radius 1 is 1.13 bits per heavy atom. The maximum atomic E-state index is 9.26. The molecule has 0 saturated heterocycles. The summed E-state index contributed by atoms with van der Waals surface area (Å²) in [5.41, 5.74) is 2.07. The maximum absolute atomic E-state index is 9.26. The summed E-state index contributed by atoms with van der Waals surface area (Å²) >= 11 is 5.97. The van der Waals surface area contributed by atoms with Gasteiger partial charge in [0.2, 0.25) is 0 Å². The van der Waals surface area contributed by atoms with Crippen LogP contribution in [0.1, 0.15) is 18.1 Å². The van der Waals surface area contributed by atoms with Gasteiger partial charge in [0.05, 0.1) is 13.2 Å². The maximum Gasteiger partial charge on any atom is 0.161 e. The summed E-state index contributed by atoms with van der Waals surface area (Å²) in [7, 11) is 1.62. The Labute approximate surface area is 142 Å². The molecule has 0 fully saturated rings. The van der Waals surface area contributed by atoms with Crippen molar-refractivity contribution in [1.29, 1.82) is 0 Å². The van der Waals surface area contributed by atoms with Crippen LogP contribution in [0.3, 0.4) is 0 Å². The zero-order valence-electron chi connectivity index (χ0n) is 13.4. The first-order valence-corrected chi connectivity index (χ1v) is 7.89. The fraction of sp³-hybridized carbons (Fsp3) is 0.333. The highest BCUT2D eigenvalue weighted by Crippen LogP contribution is 2.29. The minimum Gasteiger partial charge on any atom is -0.493 e. The van der Waals surface area contributed by atoms with Gasteiger partial charge >= 0.3 is 0 Å². The highest BCUT2D eigenvalue weighted by molar-refractivity contribution is 6.30. The first-order chi connectivity index (χ1) is 11.1. The van der Waals surface area contributed by atoms with Crippen LogP contribution in [0.25, 0.3) is 0 Å². The molecular weight excluding hydrogens is 314 g/mol. The van der Waals surface area contributed by atoms with Crippen molar-refractivity contribution < 1.29 is 14.6 Å². The normalized spacial score (nSPS) is 12.0. The fourth-order valence-electron chi connectivity index (χ4n) is 2.15. The van der Waals surface area contributed by atoms with Crippen LogP contribution in [-0.2, 0) is 13.2 Å². The number of ether oxygens (including phenoxy) is 2. The lowest BCUT2D eigenvalue weighted by Crippen LogP contribution is -2.23. The van der Waals surface area contributed by atoms with Gasteiger partial charge in [-0.3, -0.25) is 0 Å². The van der Waals surface area contributed by atoms with Crippen LogP contribution in [0.4, 0.5) is 0 Å². The van der Waals surface area contributed by atoms with Crippen LogP contribution < -0.4 is 14.8 Å². The van der Waals surface area contributed by atoms with E-state index >= 15 is 0 Å². The zero-order valence-corrected chi connectivity index (χ0v) is 14.1. The van der Waals surface area contributed by atoms with Crippen LogP contribution in [0.5, 0.6) is 11.5 Å². The lowest BCUT2D eigenvalue weighted by Gasteiger charge is -2.13. The van der Waals surface area contributed by atoms with Crippen LogP contribution in [0, 0.1) is 0 Å². The van der Waals surface area contributed by atoms with Crippen molar-refractivity contribution in [2.45, 2.75) is 26.2 Å². The smallest absolute Gasteiger partial charge is 0.161 e. The Bertz CT molecular complexity index is 631. The van der Waals surface area contributed by atoms with Gasteiger partial charge in [0.1, 0.15) is 6.61 Å². The largest absolute Gasteiger partial charge is 0.493 e. The van der Waals surface area contributed by atoms with Crippen LogP contribution in [-0.4, -0.2) is 24.9 Å². The van der Waals surface area contributed by atoms with E-state index in [2.05, 4.69) is 5.32 Å². The molecule has 0 aliphatic carbocycles. The molecule has 0 radical (unpaired) electrons. The molecule has 1 unspecified atom stereocenters. The monoisotopic (exact) mass is 335 g/mol. The van der Waals surface area contributed by atoms with E-state index in [-0.39, 0.29) is 6.10 Å². The molecule has 2 aromatic rings. The zero-order chi connectivity index (χ0) is 16.7. The quantitative estimate of drug-likeness (QED) is 0.776.